The molecule has 28 heavy (non-hydrogen) atoms. The van der Waals surface area contributed by atoms with Gasteiger partial charge in [-0.05, 0) is 37.8 Å². The summed E-state index contributed by atoms with van der Waals surface area (Å²) in [5.74, 6) is 1.58. The lowest BCUT2D eigenvalue weighted by molar-refractivity contribution is 0.0883. The summed E-state index contributed by atoms with van der Waals surface area (Å²) in [5, 5.41) is 3.09. The molecule has 1 N–H and O–H groups in total. The van der Waals surface area contributed by atoms with Crippen molar-refractivity contribution in [3.8, 4) is 23.3 Å². The van der Waals surface area contributed by atoms with E-state index in [1.807, 2.05) is 0 Å². The molecular weight excluding hydrogens is 362 g/mol. The Bertz CT molecular complexity index is 806. The monoisotopic (exact) mass is 387 g/mol. The van der Waals surface area contributed by atoms with Crippen LogP contribution in [0.2, 0.25) is 0 Å². The van der Waals surface area contributed by atoms with Crippen LogP contribution in [0.15, 0.2) is 30.6 Å². The summed E-state index contributed by atoms with van der Waals surface area (Å²) in [6.45, 7) is 0. The van der Waals surface area contributed by atoms with E-state index in [0.717, 1.165) is 25.7 Å². The van der Waals surface area contributed by atoms with Gasteiger partial charge in [0.2, 0.25) is 0 Å². The van der Waals surface area contributed by atoms with Crippen LogP contribution in [0.5, 0.6) is 23.3 Å². The second-order valence-electron chi connectivity index (χ2n) is 6.48. The van der Waals surface area contributed by atoms with Gasteiger partial charge < -0.3 is 24.3 Å². The van der Waals surface area contributed by atoms with Gasteiger partial charge in [-0.3, -0.25) is 4.79 Å². The van der Waals surface area contributed by atoms with E-state index in [9.17, 15) is 4.79 Å². The largest absolute Gasteiger partial charge is 0.493 e. The number of rotatable bonds is 7. The number of carbonyl (C=O) groups excluding carboxylic acids is 1. The first kappa shape index (κ1) is 19.7. The molecule has 1 aliphatic carbocycles. The predicted octanol–water partition coefficient (Wildman–Crippen LogP) is 2.62. The van der Waals surface area contributed by atoms with Gasteiger partial charge in [0.25, 0.3) is 17.7 Å². The molecule has 0 spiro atoms. The van der Waals surface area contributed by atoms with Crippen molar-refractivity contribution in [3.63, 3.8) is 0 Å². The summed E-state index contributed by atoms with van der Waals surface area (Å²) in [4.78, 5) is 21.0. The van der Waals surface area contributed by atoms with E-state index < -0.39 is 0 Å². The maximum absolute atomic E-state index is 12.7. The Morgan fingerprint density at radius 2 is 1.68 bits per heavy atom. The van der Waals surface area contributed by atoms with Gasteiger partial charge in [-0.1, -0.05) is 6.07 Å². The molecule has 0 aliphatic heterocycles. The third-order valence-corrected chi connectivity index (χ3v) is 4.76. The summed E-state index contributed by atoms with van der Waals surface area (Å²) in [6, 6.07) is 5.34. The summed E-state index contributed by atoms with van der Waals surface area (Å²) in [5.41, 5.74) is 0.463. The fourth-order valence-corrected chi connectivity index (χ4v) is 3.35. The molecule has 150 valence electrons. The van der Waals surface area contributed by atoms with Crippen LogP contribution < -0.4 is 24.3 Å². The van der Waals surface area contributed by atoms with Gasteiger partial charge >= 0.3 is 0 Å². The number of nitrogens with one attached hydrogen (secondary N) is 1. The molecule has 1 heterocycles. The van der Waals surface area contributed by atoms with E-state index in [2.05, 4.69) is 15.3 Å². The number of hydrogen-bond acceptors (Lipinski definition) is 7. The highest BCUT2D eigenvalue weighted by molar-refractivity contribution is 5.98. The van der Waals surface area contributed by atoms with Crippen LogP contribution in [0, 0.1) is 0 Å². The summed E-state index contributed by atoms with van der Waals surface area (Å²) in [7, 11) is 4.61. The Kier molecular flexibility index (Phi) is 6.52. The van der Waals surface area contributed by atoms with E-state index in [1.165, 1.54) is 14.2 Å². The molecule has 0 saturated heterocycles. The van der Waals surface area contributed by atoms with Gasteiger partial charge in [0.15, 0.2) is 11.5 Å². The Hall–Kier alpha value is -3.03. The first-order valence-electron chi connectivity index (χ1n) is 9.19. The average molecular weight is 387 g/mol. The van der Waals surface area contributed by atoms with Crippen molar-refractivity contribution >= 4 is 5.91 Å². The highest BCUT2D eigenvalue weighted by atomic mass is 16.5. The summed E-state index contributed by atoms with van der Waals surface area (Å²) < 4.78 is 21.7. The van der Waals surface area contributed by atoms with Crippen LogP contribution in [0.3, 0.4) is 0 Å². The van der Waals surface area contributed by atoms with Crippen molar-refractivity contribution in [1.82, 2.24) is 15.3 Å². The minimum Gasteiger partial charge on any atom is -0.493 e. The zero-order valence-electron chi connectivity index (χ0n) is 16.3. The van der Waals surface area contributed by atoms with Crippen LogP contribution in [0.1, 0.15) is 36.0 Å². The molecular formula is C20H25N3O5. The highest BCUT2D eigenvalue weighted by Crippen LogP contribution is 2.31. The molecule has 8 nitrogen and oxygen atoms in total. The van der Waals surface area contributed by atoms with Gasteiger partial charge in [0, 0.05) is 18.4 Å². The molecule has 1 fully saturated rings. The zero-order chi connectivity index (χ0) is 19.9. The molecule has 0 radical (unpaired) electrons. The smallest absolute Gasteiger partial charge is 0.278 e. The summed E-state index contributed by atoms with van der Waals surface area (Å²) in [6.07, 6.45) is 6.39. The number of amides is 1. The maximum atomic E-state index is 12.7. The van der Waals surface area contributed by atoms with Crippen LogP contribution in [0.4, 0.5) is 0 Å². The summed E-state index contributed by atoms with van der Waals surface area (Å²) >= 11 is 0. The number of methoxy groups -OCH3 is 3. The van der Waals surface area contributed by atoms with Gasteiger partial charge in [-0.15, -0.1) is 0 Å². The molecule has 0 bridgehead atoms. The van der Waals surface area contributed by atoms with Gasteiger partial charge in [-0.2, -0.15) is 0 Å². The number of ether oxygens (including phenoxy) is 4. The standard InChI is InChI=1S/C20H25N3O5/c1-25-16-6-4-5-15(17(16)26-2)18(24)23-13-7-9-14(10-8-13)28-20-19(27-3)21-11-12-22-20/h4-6,11-14H,7-10H2,1-3H3,(H,23,24). The van der Waals surface area contributed by atoms with E-state index >= 15 is 0 Å². The maximum Gasteiger partial charge on any atom is 0.278 e. The van der Waals surface area contributed by atoms with Crippen LogP contribution in [-0.2, 0) is 0 Å². The first-order valence-corrected chi connectivity index (χ1v) is 9.19. The third kappa shape index (κ3) is 4.44. The van der Waals surface area contributed by atoms with E-state index in [-0.39, 0.29) is 18.1 Å². The van der Waals surface area contributed by atoms with Crippen molar-refractivity contribution in [1.29, 1.82) is 0 Å². The number of carbonyl (C=O) groups is 1. The van der Waals surface area contributed by atoms with Crippen LogP contribution >= 0.6 is 0 Å². The highest BCUT2D eigenvalue weighted by Gasteiger charge is 2.26. The van der Waals surface area contributed by atoms with Gasteiger partial charge in [-0.25, -0.2) is 9.97 Å². The number of hydrogen-bond donors (Lipinski definition) is 1. The predicted molar refractivity (Wildman–Crippen MR) is 102 cm³/mol. The quantitative estimate of drug-likeness (QED) is 0.781. The lowest BCUT2D eigenvalue weighted by atomic mass is 9.92. The van der Waals surface area contributed by atoms with Gasteiger partial charge in [0.1, 0.15) is 6.10 Å². The third-order valence-electron chi connectivity index (χ3n) is 4.76. The van der Waals surface area contributed by atoms with Crippen molar-refractivity contribution < 1.29 is 23.7 Å². The molecule has 0 unspecified atom stereocenters. The van der Waals surface area contributed by atoms with Crippen molar-refractivity contribution in [3.05, 3.63) is 36.2 Å². The SMILES string of the molecule is COc1cccc(C(=O)NC2CCC(Oc3nccnc3OC)CC2)c1OC. The molecule has 1 aromatic heterocycles. The minimum absolute atomic E-state index is 0.0186. The Balaban J connectivity index is 1.57. The normalized spacial score (nSPS) is 18.8. The van der Waals surface area contributed by atoms with Crippen molar-refractivity contribution in [2.45, 2.75) is 37.8 Å². The number of aromatic nitrogens is 2. The molecule has 0 atom stereocenters. The van der Waals surface area contributed by atoms with Crippen LogP contribution in [0.25, 0.3) is 0 Å². The molecule has 1 saturated carbocycles. The fraction of sp³-hybridized carbons (Fsp3) is 0.450. The topological polar surface area (TPSA) is 91.8 Å². The fourth-order valence-electron chi connectivity index (χ4n) is 3.35. The molecule has 3 rings (SSSR count). The Labute approximate surface area is 164 Å². The molecule has 1 amide bonds. The second-order valence-corrected chi connectivity index (χ2v) is 6.48. The lowest BCUT2D eigenvalue weighted by Gasteiger charge is -2.29. The number of nitrogens with zero attached hydrogens (tertiary/aromatic N) is 2. The van der Waals surface area contributed by atoms with Crippen molar-refractivity contribution in [2.75, 3.05) is 21.3 Å². The number of para-hydroxylation sites is 1. The molecule has 1 aliphatic rings. The second kappa shape index (κ2) is 9.25. The van der Waals surface area contributed by atoms with Crippen molar-refractivity contribution in [2.24, 2.45) is 0 Å². The first-order chi connectivity index (χ1) is 13.7. The minimum atomic E-state index is -0.171. The number of benzene rings is 1. The molecule has 8 heteroatoms. The van der Waals surface area contributed by atoms with E-state index in [0.29, 0.717) is 28.8 Å². The van der Waals surface area contributed by atoms with E-state index in [1.54, 1.807) is 37.7 Å². The average Bonchev–Trinajstić information content (AvgIpc) is 2.74. The molecule has 1 aromatic carbocycles. The lowest BCUT2D eigenvalue weighted by Crippen LogP contribution is -2.39. The molecule has 2 aromatic rings. The van der Waals surface area contributed by atoms with Gasteiger partial charge in [0.05, 0.1) is 26.9 Å². The van der Waals surface area contributed by atoms with Crippen LogP contribution in [-0.4, -0.2) is 49.4 Å². The van der Waals surface area contributed by atoms with E-state index in [4.69, 9.17) is 18.9 Å². The Morgan fingerprint density at radius 1 is 0.964 bits per heavy atom. The zero-order valence-corrected chi connectivity index (χ0v) is 16.3. The Morgan fingerprint density at radius 3 is 2.32 bits per heavy atom.